The predicted molar refractivity (Wildman–Crippen MR) is 73.8 cm³/mol. The maximum Gasteiger partial charge on any atom is 0.162 e. The van der Waals surface area contributed by atoms with Gasteiger partial charge in [-0.15, -0.1) is 0 Å². The van der Waals surface area contributed by atoms with Gasteiger partial charge in [-0.2, -0.15) is 0 Å². The van der Waals surface area contributed by atoms with Crippen molar-refractivity contribution in [3.05, 3.63) is 55.0 Å². The SMILES string of the molecule is CC(C)Oc1ccccc1OC1(C)[CH]C=CC=C1. The van der Waals surface area contributed by atoms with Crippen molar-refractivity contribution < 1.29 is 9.47 Å². The van der Waals surface area contributed by atoms with Gasteiger partial charge in [-0.3, -0.25) is 0 Å². The molecule has 1 aromatic rings. The number of hydrogen-bond acceptors (Lipinski definition) is 2. The van der Waals surface area contributed by atoms with Crippen molar-refractivity contribution in [2.45, 2.75) is 32.5 Å². The Morgan fingerprint density at radius 2 is 1.72 bits per heavy atom. The molecule has 0 aromatic heterocycles. The summed E-state index contributed by atoms with van der Waals surface area (Å²) in [6, 6.07) is 7.77. The Hall–Kier alpha value is -1.70. The summed E-state index contributed by atoms with van der Waals surface area (Å²) in [5.74, 6) is 1.55. The molecular weight excluding hydrogens is 224 g/mol. The number of ether oxygens (including phenoxy) is 2. The van der Waals surface area contributed by atoms with Gasteiger partial charge in [-0.1, -0.05) is 30.4 Å². The summed E-state index contributed by atoms with van der Waals surface area (Å²) in [5.41, 5.74) is -0.412. The Balaban J connectivity index is 2.18. The van der Waals surface area contributed by atoms with Crippen molar-refractivity contribution in [1.82, 2.24) is 0 Å². The zero-order valence-corrected chi connectivity index (χ0v) is 11.1. The first kappa shape index (κ1) is 12.7. The molecule has 95 valence electrons. The van der Waals surface area contributed by atoms with Gasteiger partial charge in [0, 0.05) is 6.42 Å². The van der Waals surface area contributed by atoms with Crippen LogP contribution in [-0.4, -0.2) is 11.7 Å². The highest BCUT2D eigenvalue weighted by Gasteiger charge is 2.24. The Kier molecular flexibility index (Phi) is 3.75. The molecule has 0 N–H and O–H groups in total. The molecule has 0 heterocycles. The maximum atomic E-state index is 6.06. The van der Waals surface area contributed by atoms with E-state index < -0.39 is 5.60 Å². The standard InChI is InChI=1S/C16H19O2/c1-13(2)17-14-9-5-6-10-15(14)18-16(3)11-7-4-8-12-16/h4-13H,1-3H3. The zero-order chi connectivity index (χ0) is 13.0. The second-order valence-corrected chi connectivity index (χ2v) is 4.81. The second kappa shape index (κ2) is 5.30. The molecule has 1 aliphatic rings. The molecule has 1 atom stereocenters. The normalized spacial score (nSPS) is 22.2. The van der Waals surface area contributed by atoms with Gasteiger partial charge < -0.3 is 9.47 Å². The molecule has 0 bridgehead atoms. The van der Waals surface area contributed by atoms with Crippen LogP contribution in [0.5, 0.6) is 11.5 Å². The van der Waals surface area contributed by atoms with E-state index in [0.29, 0.717) is 0 Å². The van der Waals surface area contributed by atoms with Crippen molar-refractivity contribution in [1.29, 1.82) is 0 Å². The topological polar surface area (TPSA) is 18.5 Å². The highest BCUT2D eigenvalue weighted by atomic mass is 16.5. The van der Waals surface area contributed by atoms with Gasteiger partial charge >= 0.3 is 0 Å². The van der Waals surface area contributed by atoms with E-state index in [2.05, 4.69) is 0 Å². The van der Waals surface area contributed by atoms with E-state index in [0.717, 1.165) is 11.5 Å². The van der Waals surface area contributed by atoms with Crippen molar-refractivity contribution in [3.8, 4) is 11.5 Å². The molecule has 0 fully saturated rings. The fourth-order valence-electron chi connectivity index (χ4n) is 1.80. The summed E-state index contributed by atoms with van der Waals surface area (Å²) in [6.45, 7) is 6.04. The minimum atomic E-state index is -0.412. The lowest BCUT2D eigenvalue weighted by Gasteiger charge is -2.28. The van der Waals surface area contributed by atoms with E-state index in [9.17, 15) is 0 Å². The van der Waals surface area contributed by atoms with Crippen LogP contribution in [0.15, 0.2) is 48.6 Å². The molecule has 0 saturated heterocycles. The summed E-state index contributed by atoms with van der Waals surface area (Å²) in [4.78, 5) is 0. The molecule has 0 amide bonds. The fourth-order valence-corrected chi connectivity index (χ4v) is 1.80. The Morgan fingerprint density at radius 1 is 1.00 bits per heavy atom. The third kappa shape index (κ3) is 3.16. The molecule has 1 aromatic carbocycles. The molecule has 1 aliphatic carbocycles. The molecule has 0 spiro atoms. The van der Waals surface area contributed by atoms with Gasteiger partial charge in [-0.05, 0) is 39.0 Å². The Morgan fingerprint density at radius 3 is 2.33 bits per heavy atom. The molecule has 0 aliphatic heterocycles. The van der Waals surface area contributed by atoms with Gasteiger partial charge in [0.2, 0.25) is 0 Å². The smallest absolute Gasteiger partial charge is 0.162 e. The first-order chi connectivity index (χ1) is 8.59. The summed E-state index contributed by atoms with van der Waals surface area (Å²) < 4.78 is 11.8. The van der Waals surface area contributed by atoms with Crippen LogP contribution in [0.25, 0.3) is 0 Å². The fraction of sp³-hybridized carbons (Fsp3) is 0.312. The van der Waals surface area contributed by atoms with E-state index in [4.69, 9.17) is 9.47 Å². The molecule has 0 saturated carbocycles. The lowest BCUT2D eigenvalue weighted by molar-refractivity contribution is 0.159. The van der Waals surface area contributed by atoms with E-state index in [1.807, 2.05) is 75.8 Å². The van der Waals surface area contributed by atoms with Crippen molar-refractivity contribution in [3.63, 3.8) is 0 Å². The molecule has 1 radical (unpaired) electrons. The number of rotatable bonds is 4. The van der Waals surface area contributed by atoms with Crippen LogP contribution in [0.4, 0.5) is 0 Å². The largest absolute Gasteiger partial charge is 0.487 e. The third-order valence-electron chi connectivity index (χ3n) is 2.62. The van der Waals surface area contributed by atoms with Gasteiger partial charge in [0.25, 0.3) is 0 Å². The van der Waals surface area contributed by atoms with Crippen LogP contribution in [-0.2, 0) is 0 Å². The Labute approximate surface area is 109 Å². The highest BCUT2D eigenvalue weighted by molar-refractivity contribution is 5.41. The minimum absolute atomic E-state index is 0.133. The third-order valence-corrected chi connectivity index (χ3v) is 2.62. The number of benzene rings is 1. The predicted octanol–water partition coefficient (Wildman–Crippen LogP) is 3.94. The summed E-state index contributed by atoms with van der Waals surface area (Å²) in [7, 11) is 0. The molecule has 2 heteroatoms. The average Bonchev–Trinajstić information content (AvgIpc) is 2.32. The highest BCUT2D eigenvalue weighted by Crippen LogP contribution is 2.32. The monoisotopic (exact) mass is 243 g/mol. The molecule has 2 rings (SSSR count). The first-order valence-corrected chi connectivity index (χ1v) is 6.24. The van der Waals surface area contributed by atoms with E-state index >= 15 is 0 Å². The summed E-state index contributed by atoms with van der Waals surface area (Å²) in [6.07, 6.45) is 10.2. The zero-order valence-electron chi connectivity index (χ0n) is 11.1. The van der Waals surface area contributed by atoms with Crippen LogP contribution in [0.1, 0.15) is 20.8 Å². The van der Waals surface area contributed by atoms with E-state index in [1.54, 1.807) is 0 Å². The molecule has 1 unspecified atom stereocenters. The van der Waals surface area contributed by atoms with Crippen LogP contribution in [0.3, 0.4) is 0 Å². The van der Waals surface area contributed by atoms with Crippen molar-refractivity contribution in [2.75, 3.05) is 0 Å². The van der Waals surface area contributed by atoms with E-state index in [-0.39, 0.29) is 6.10 Å². The quantitative estimate of drug-likeness (QED) is 0.797. The second-order valence-electron chi connectivity index (χ2n) is 4.81. The van der Waals surface area contributed by atoms with Crippen molar-refractivity contribution in [2.24, 2.45) is 0 Å². The molecule has 18 heavy (non-hydrogen) atoms. The van der Waals surface area contributed by atoms with Gasteiger partial charge in [0.1, 0.15) is 5.60 Å². The van der Waals surface area contributed by atoms with Crippen LogP contribution in [0, 0.1) is 6.42 Å². The number of hydrogen-bond donors (Lipinski definition) is 0. The summed E-state index contributed by atoms with van der Waals surface area (Å²) in [5, 5.41) is 0. The van der Waals surface area contributed by atoms with Gasteiger partial charge in [0.05, 0.1) is 6.10 Å². The first-order valence-electron chi connectivity index (χ1n) is 6.24. The lowest BCUT2D eigenvalue weighted by atomic mass is 9.97. The van der Waals surface area contributed by atoms with E-state index in [1.165, 1.54) is 0 Å². The molecule has 2 nitrogen and oxygen atoms in total. The van der Waals surface area contributed by atoms with Crippen LogP contribution >= 0.6 is 0 Å². The Bertz CT molecular complexity index is 460. The number of para-hydroxylation sites is 2. The van der Waals surface area contributed by atoms with Gasteiger partial charge in [-0.25, -0.2) is 0 Å². The van der Waals surface area contributed by atoms with Crippen LogP contribution < -0.4 is 9.47 Å². The summed E-state index contributed by atoms with van der Waals surface area (Å²) >= 11 is 0. The number of allylic oxidation sites excluding steroid dienone is 2. The van der Waals surface area contributed by atoms with Crippen molar-refractivity contribution >= 4 is 0 Å². The van der Waals surface area contributed by atoms with Gasteiger partial charge in [0.15, 0.2) is 11.5 Å². The minimum Gasteiger partial charge on any atom is -0.487 e. The molecular formula is C16H19O2. The average molecular weight is 243 g/mol. The lowest BCUT2D eigenvalue weighted by Crippen LogP contribution is -2.31. The van der Waals surface area contributed by atoms with Crippen LogP contribution in [0.2, 0.25) is 0 Å². The maximum absolute atomic E-state index is 6.06.